The fourth-order valence-electron chi connectivity index (χ4n) is 2.27. The molecule has 0 bridgehead atoms. The molecule has 0 aromatic heterocycles. The molecule has 19 heavy (non-hydrogen) atoms. The van der Waals surface area contributed by atoms with Crippen LogP contribution in [-0.2, 0) is 16.8 Å². The Morgan fingerprint density at radius 2 is 1.84 bits per heavy atom. The van der Waals surface area contributed by atoms with Crippen molar-refractivity contribution < 1.29 is 4.79 Å². The van der Waals surface area contributed by atoms with E-state index >= 15 is 0 Å². The number of hydrogen-bond donors (Lipinski definition) is 2. The molecule has 1 atom stereocenters. The molecule has 0 aliphatic heterocycles. The molecule has 2 rings (SSSR count). The largest absolute Gasteiger partial charge is 0.354 e. The molecule has 104 valence electrons. The maximum absolute atomic E-state index is 11.9. The van der Waals surface area contributed by atoms with E-state index in [1.807, 2.05) is 20.8 Å². The van der Waals surface area contributed by atoms with Crippen molar-refractivity contribution in [3.8, 4) is 0 Å². The lowest BCUT2D eigenvalue weighted by atomic mass is 9.97. The average molecular weight is 260 g/mol. The van der Waals surface area contributed by atoms with Gasteiger partial charge in [-0.25, -0.2) is 0 Å². The highest BCUT2D eigenvalue weighted by Crippen LogP contribution is 2.42. The lowest BCUT2D eigenvalue weighted by Crippen LogP contribution is -2.35. The minimum atomic E-state index is -0.0703. The van der Waals surface area contributed by atoms with Crippen molar-refractivity contribution in [2.75, 3.05) is 0 Å². The van der Waals surface area contributed by atoms with E-state index in [-0.39, 0.29) is 23.4 Å². The van der Waals surface area contributed by atoms with Crippen molar-refractivity contribution in [3.63, 3.8) is 0 Å². The van der Waals surface area contributed by atoms with Crippen molar-refractivity contribution in [2.24, 2.45) is 11.7 Å². The third-order valence-electron chi connectivity index (χ3n) is 3.74. The van der Waals surface area contributed by atoms with Gasteiger partial charge in [0, 0.05) is 17.5 Å². The number of carbonyl (C=O) groups is 1. The van der Waals surface area contributed by atoms with Gasteiger partial charge < -0.3 is 11.1 Å². The first-order chi connectivity index (χ1) is 8.90. The van der Waals surface area contributed by atoms with Gasteiger partial charge >= 0.3 is 0 Å². The summed E-state index contributed by atoms with van der Waals surface area (Å²) in [6, 6.07) is 8.61. The zero-order chi connectivity index (χ0) is 14.0. The first-order valence-corrected chi connectivity index (χ1v) is 7.09. The number of nitrogens with two attached hydrogens (primary N) is 1. The Morgan fingerprint density at radius 3 is 2.32 bits per heavy atom. The van der Waals surface area contributed by atoms with E-state index in [0.29, 0.717) is 0 Å². The van der Waals surface area contributed by atoms with E-state index in [4.69, 9.17) is 5.73 Å². The molecule has 1 aliphatic rings. The number of rotatable bonds is 5. The van der Waals surface area contributed by atoms with E-state index in [0.717, 1.165) is 19.3 Å². The summed E-state index contributed by atoms with van der Waals surface area (Å²) in [6.07, 6.45) is 2.94. The third kappa shape index (κ3) is 3.57. The van der Waals surface area contributed by atoms with Gasteiger partial charge in [0.2, 0.25) is 5.91 Å². The molecule has 1 saturated carbocycles. The summed E-state index contributed by atoms with van der Waals surface area (Å²) >= 11 is 0. The number of benzene rings is 1. The normalized spacial score (nSPS) is 18.2. The Balaban J connectivity index is 1.94. The van der Waals surface area contributed by atoms with Gasteiger partial charge in [-0.2, -0.15) is 0 Å². The maximum atomic E-state index is 11.9. The predicted octanol–water partition coefficient (Wildman–Crippen LogP) is 2.34. The molecule has 1 aromatic carbocycles. The molecule has 0 saturated heterocycles. The number of amides is 1. The van der Waals surface area contributed by atoms with Crippen molar-refractivity contribution in [2.45, 2.75) is 51.6 Å². The highest BCUT2D eigenvalue weighted by atomic mass is 16.1. The Bertz CT molecular complexity index is 446. The summed E-state index contributed by atoms with van der Waals surface area (Å²) in [5.74, 6) is 0.123. The van der Waals surface area contributed by atoms with Crippen LogP contribution in [0.15, 0.2) is 24.3 Å². The number of nitrogens with one attached hydrogen (secondary N) is 1. The molecule has 1 fully saturated rings. The highest BCUT2D eigenvalue weighted by molar-refractivity contribution is 5.78. The molecule has 1 amide bonds. The van der Waals surface area contributed by atoms with Crippen LogP contribution in [0.2, 0.25) is 0 Å². The van der Waals surface area contributed by atoms with Crippen LogP contribution in [0.4, 0.5) is 0 Å². The number of hydrogen-bond acceptors (Lipinski definition) is 2. The zero-order valence-corrected chi connectivity index (χ0v) is 12.1. The smallest absolute Gasteiger partial charge is 0.223 e. The topological polar surface area (TPSA) is 55.1 Å². The van der Waals surface area contributed by atoms with Gasteiger partial charge in [-0.1, -0.05) is 31.2 Å². The summed E-state index contributed by atoms with van der Waals surface area (Å²) in [5.41, 5.74) is 8.50. The lowest BCUT2D eigenvalue weighted by molar-refractivity contribution is -0.124. The van der Waals surface area contributed by atoms with Crippen LogP contribution in [0.5, 0.6) is 0 Å². The predicted molar refractivity (Wildman–Crippen MR) is 77.7 cm³/mol. The molecule has 1 aliphatic carbocycles. The molecule has 3 heteroatoms. The molecule has 3 nitrogen and oxygen atoms in total. The summed E-state index contributed by atoms with van der Waals surface area (Å²) in [6.45, 7) is 5.93. The van der Waals surface area contributed by atoms with Gasteiger partial charge in [0.25, 0.3) is 0 Å². The Labute approximate surface area is 115 Å². The van der Waals surface area contributed by atoms with Crippen LogP contribution in [0.1, 0.15) is 44.7 Å². The van der Waals surface area contributed by atoms with Crippen LogP contribution in [0.3, 0.4) is 0 Å². The van der Waals surface area contributed by atoms with Crippen molar-refractivity contribution >= 4 is 5.91 Å². The van der Waals surface area contributed by atoms with E-state index in [1.54, 1.807) is 0 Å². The minimum Gasteiger partial charge on any atom is -0.354 e. The van der Waals surface area contributed by atoms with E-state index in [9.17, 15) is 4.79 Å². The second kappa shape index (κ2) is 5.33. The minimum absolute atomic E-state index is 0.000937. The average Bonchev–Trinajstić information content (AvgIpc) is 3.08. The molecule has 1 aromatic rings. The van der Waals surface area contributed by atoms with Gasteiger partial charge in [-0.3, -0.25) is 4.79 Å². The first kappa shape index (κ1) is 14.1. The molecule has 0 radical (unpaired) electrons. The molecule has 3 N–H and O–H groups in total. The van der Waals surface area contributed by atoms with Crippen LogP contribution in [-0.4, -0.2) is 11.9 Å². The Hall–Kier alpha value is -1.35. The van der Waals surface area contributed by atoms with Gasteiger partial charge in [-0.15, -0.1) is 0 Å². The van der Waals surface area contributed by atoms with E-state index < -0.39 is 0 Å². The summed E-state index contributed by atoms with van der Waals surface area (Å²) in [5, 5.41) is 2.95. The zero-order valence-electron chi connectivity index (χ0n) is 12.1. The standard InChI is InChI=1S/C16H24N2O/c1-11(2)18-15(19)12(3)10-13-4-6-14(7-5-13)16(17)8-9-16/h4-7,11-12H,8-10,17H2,1-3H3,(H,18,19). The quantitative estimate of drug-likeness (QED) is 0.853. The summed E-state index contributed by atoms with van der Waals surface area (Å²) in [4.78, 5) is 11.9. The van der Waals surface area contributed by atoms with Crippen LogP contribution in [0.25, 0.3) is 0 Å². The van der Waals surface area contributed by atoms with E-state index in [1.165, 1.54) is 11.1 Å². The highest BCUT2D eigenvalue weighted by Gasteiger charge is 2.39. The third-order valence-corrected chi connectivity index (χ3v) is 3.74. The van der Waals surface area contributed by atoms with Gasteiger partial charge in [-0.05, 0) is 44.2 Å². The van der Waals surface area contributed by atoms with Gasteiger partial charge in [0.1, 0.15) is 0 Å². The molecule has 0 spiro atoms. The van der Waals surface area contributed by atoms with Crippen LogP contribution < -0.4 is 11.1 Å². The second-order valence-corrected chi connectivity index (χ2v) is 6.12. The van der Waals surface area contributed by atoms with Gasteiger partial charge in [0.15, 0.2) is 0 Å². The summed E-state index contributed by atoms with van der Waals surface area (Å²) < 4.78 is 0. The van der Waals surface area contributed by atoms with Crippen LogP contribution in [0, 0.1) is 5.92 Å². The van der Waals surface area contributed by atoms with Crippen molar-refractivity contribution in [3.05, 3.63) is 35.4 Å². The maximum Gasteiger partial charge on any atom is 0.223 e. The molecular formula is C16H24N2O. The second-order valence-electron chi connectivity index (χ2n) is 6.12. The lowest BCUT2D eigenvalue weighted by Gasteiger charge is -2.15. The van der Waals surface area contributed by atoms with Crippen LogP contribution >= 0.6 is 0 Å². The fraction of sp³-hybridized carbons (Fsp3) is 0.562. The first-order valence-electron chi connectivity index (χ1n) is 7.09. The van der Waals surface area contributed by atoms with Gasteiger partial charge in [0.05, 0.1) is 0 Å². The van der Waals surface area contributed by atoms with Crippen molar-refractivity contribution in [1.82, 2.24) is 5.32 Å². The van der Waals surface area contributed by atoms with Crippen molar-refractivity contribution in [1.29, 1.82) is 0 Å². The SMILES string of the molecule is CC(C)NC(=O)C(C)Cc1ccc(C2(N)CC2)cc1. The molecular weight excluding hydrogens is 236 g/mol. The molecule has 1 unspecified atom stereocenters. The fourth-order valence-corrected chi connectivity index (χ4v) is 2.27. The Morgan fingerprint density at radius 1 is 1.26 bits per heavy atom. The molecule has 0 heterocycles. The Kier molecular flexibility index (Phi) is 3.95. The van der Waals surface area contributed by atoms with E-state index in [2.05, 4.69) is 29.6 Å². The monoisotopic (exact) mass is 260 g/mol. The number of carbonyl (C=O) groups excluding carboxylic acids is 1. The summed E-state index contributed by atoms with van der Waals surface area (Å²) in [7, 11) is 0.